The average Bonchev–Trinajstić information content (AvgIpc) is 2.79. The van der Waals surface area contributed by atoms with Crippen molar-refractivity contribution in [2.75, 3.05) is 69.2 Å². The monoisotopic (exact) mass is 442 g/mol. The van der Waals surface area contributed by atoms with Gasteiger partial charge in [-0.1, -0.05) is 0 Å². The van der Waals surface area contributed by atoms with E-state index in [1.54, 1.807) is 4.90 Å². The summed E-state index contributed by atoms with van der Waals surface area (Å²) < 4.78 is 27.1. The molecule has 0 unspecified atom stereocenters. The molecule has 170 valence electrons. The molecule has 4 rings (SSSR count). The molecule has 7 nitrogen and oxygen atoms in total. The van der Waals surface area contributed by atoms with Gasteiger partial charge < -0.3 is 19.6 Å². The molecular weight excluding hydrogens is 414 g/mol. The van der Waals surface area contributed by atoms with Gasteiger partial charge in [0, 0.05) is 75.8 Å². The minimum atomic E-state index is -0.562. The highest BCUT2D eigenvalue weighted by molar-refractivity contribution is 5.92. The predicted octanol–water partition coefficient (Wildman–Crippen LogP) is 2.18. The van der Waals surface area contributed by atoms with Gasteiger partial charge >= 0.3 is 0 Å². The van der Waals surface area contributed by atoms with E-state index in [2.05, 4.69) is 26.7 Å². The predicted molar refractivity (Wildman–Crippen MR) is 121 cm³/mol. The van der Waals surface area contributed by atoms with Crippen LogP contribution in [0.4, 0.5) is 20.5 Å². The molecule has 1 aromatic carbocycles. The lowest BCUT2D eigenvalue weighted by Crippen LogP contribution is -2.49. The summed E-state index contributed by atoms with van der Waals surface area (Å²) in [6.07, 6.45) is 2.61. The van der Waals surface area contributed by atoms with E-state index in [0.717, 1.165) is 55.9 Å². The molecule has 2 aromatic rings. The van der Waals surface area contributed by atoms with Gasteiger partial charge in [0.25, 0.3) is 0 Å². The zero-order valence-electron chi connectivity index (χ0n) is 18.5. The van der Waals surface area contributed by atoms with Crippen LogP contribution in [-0.4, -0.2) is 85.1 Å². The first-order valence-electron chi connectivity index (χ1n) is 10.9. The Labute approximate surface area is 187 Å². The van der Waals surface area contributed by atoms with E-state index in [9.17, 15) is 13.6 Å². The summed E-state index contributed by atoms with van der Waals surface area (Å²) in [7, 11) is 2.12. The summed E-state index contributed by atoms with van der Waals surface area (Å²) in [4.78, 5) is 30.3. The summed E-state index contributed by atoms with van der Waals surface area (Å²) in [5.41, 5.74) is 0.976. The van der Waals surface area contributed by atoms with Crippen LogP contribution in [0, 0.1) is 18.6 Å². The average molecular weight is 443 g/mol. The maximum Gasteiger partial charge on any atom is 0.246 e. The fraction of sp³-hybridized carbons (Fsp3) is 0.435. The number of benzene rings is 1. The van der Waals surface area contributed by atoms with Crippen LogP contribution in [0.5, 0.6) is 0 Å². The number of piperazine rings is 2. The van der Waals surface area contributed by atoms with Crippen LogP contribution in [0.2, 0.25) is 0 Å². The minimum absolute atomic E-state index is 0.0570. The van der Waals surface area contributed by atoms with Crippen molar-refractivity contribution in [3.63, 3.8) is 0 Å². The van der Waals surface area contributed by atoms with Gasteiger partial charge in [0.1, 0.15) is 17.5 Å². The van der Waals surface area contributed by atoms with E-state index in [-0.39, 0.29) is 11.5 Å². The Balaban J connectivity index is 1.37. The molecule has 0 aliphatic carbocycles. The van der Waals surface area contributed by atoms with Gasteiger partial charge in [-0.3, -0.25) is 4.79 Å². The molecule has 1 amide bonds. The van der Waals surface area contributed by atoms with E-state index in [1.807, 2.05) is 13.0 Å². The molecule has 2 fully saturated rings. The SMILES string of the molecule is Cc1cc(N2CCN(C)CC2)nc(N2CCN(C(=O)/C=C/c3cc(F)ccc3F)CC2)n1. The minimum Gasteiger partial charge on any atom is -0.354 e. The molecule has 1 aromatic heterocycles. The maximum atomic E-state index is 13.8. The molecular formula is C23H28F2N6O. The summed E-state index contributed by atoms with van der Waals surface area (Å²) in [6, 6.07) is 5.20. The molecule has 32 heavy (non-hydrogen) atoms. The number of amides is 1. The third-order valence-corrected chi connectivity index (χ3v) is 5.89. The lowest BCUT2D eigenvalue weighted by atomic mass is 10.2. The molecule has 0 bridgehead atoms. The van der Waals surface area contributed by atoms with E-state index < -0.39 is 11.6 Å². The van der Waals surface area contributed by atoms with Gasteiger partial charge in [0.05, 0.1) is 0 Å². The summed E-state index contributed by atoms with van der Waals surface area (Å²) in [5.74, 6) is 0.299. The van der Waals surface area contributed by atoms with Gasteiger partial charge in [-0.25, -0.2) is 13.8 Å². The van der Waals surface area contributed by atoms with Crippen molar-refractivity contribution in [3.8, 4) is 0 Å². The van der Waals surface area contributed by atoms with Crippen LogP contribution in [0.15, 0.2) is 30.3 Å². The Bertz CT molecular complexity index is 998. The van der Waals surface area contributed by atoms with Crippen LogP contribution in [0.3, 0.4) is 0 Å². The van der Waals surface area contributed by atoms with Crippen LogP contribution >= 0.6 is 0 Å². The Morgan fingerprint density at radius 1 is 0.938 bits per heavy atom. The highest BCUT2D eigenvalue weighted by atomic mass is 19.1. The number of halogens is 2. The Morgan fingerprint density at radius 2 is 1.62 bits per heavy atom. The van der Waals surface area contributed by atoms with Crippen molar-refractivity contribution < 1.29 is 13.6 Å². The van der Waals surface area contributed by atoms with Crippen molar-refractivity contribution in [1.82, 2.24) is 19.8 Å². The first-order chi connectivity index (χ1) is 15.4. The van der Waals surface area contributed by atoms with Crippen molar-refractivity contribution >= 4 is 23.7 Å². The smallest absolute Gasteiger partial charge is 0.246 e. The van der Waals surface area contributed by atoms with Gasteiger partial charge in [-0.05, 0) is 38.2 Å². The standard InChI is InChI=1S/C23H28F2N6O/c1-17-15-21(29-9-7-28(2)8-10-29)27-23(26-17)31-13-11-30(12-14-31)22(32)6-3-18-16-19(24)4-5-20(18)25/h3-6,15-16H,7-14H2,1-2H3/b6-3+. The molecule has 2 saturated heterocycles. The van der Waals surface area contributed by atoms with Crippen molar-refractivity contribution in [1.29, 1.82) is 0 Å². The zero-order chi connectivity index (χ0) is 22.7. The highest BCUT2D eigenvalue weighted by Crippen LogP contribution is 2.20. The Kier molecular flexibility index (Phi) is 6.64. The quantitative estimate of drug-likeness (QED) is 0.677. The molecule has 2 aliphatic heterocycles. The van der Waals surface area contributed by atoms with Crippen molar-refractivity contribution in [2.24, 2.45) is 0 Å². The fourth-order valence-corrected chi connectivity index (χ4v) is 3.91. The zero-order valence-corrected chi connectivity index (χ0v) is 18.5. The second-order valence-corrected chi connectivity index (χ2v) is 8.27. The van der Waals surface area contributed by atoms with Crippen LogP contribution in [0.25, 0.3) is 6.08 Å². The lowest BCUT2D eigenvalue weighted by molar-refractivity contribution is -0.126. The van der Waals surface area contributed by atoms with Gasteiger partial charge in [0.2, 0.25) is 11.9 Å². The number of hydrogen-bond acceptors (Lipinski definition) is 6. The van der Waals surface area contributed by atoms with E-state index >= 15 is 0 Å². The second kappa shape index (κ2) is 9.60. The molecule has 0 radical (unpaired) electrons. The molecule has 0 N–H and O–H groups in total. The second-order valence-electron chi connectivity index (χ2n) is 8.27. The Hall–Kier alpha value is -3.07. The van der Waals surface area contributed by atoms with Gasteiger partial charge in [0.15, 0.2) is 0 Å². The molecule has 0 saturated carbocycles. The number of likely N-dealkylation sites (N-methyl/N-ethyl adjacent to an activating group) is 1. The number of carbonyl (C=O) groups is 1. The van der Waals surface area contributed by atoms with E-state index in [0.29, 0.717) is 32.1 Å². The first-order valence-corrected chi connectivity index (χ1v) is 10.9. The number of anilines is 2. The fourth-order valence-electron chi connectivity index (χ4n) is 3.91. The largest absolute Gasteiger partial charge is 0.354 e. The third-order valence-electron chi connectivity index (χ3n) is 5.89. The van der Waals surface area contributed by atoms with Crippen molar-refractivity contribution in [3.05, 3.63) is 53.2 Å². The number of aromatic nitrogens is 2. The number of nitrogens with zero attached hydrogens (tertiary/aromatic N) is 6. The first kappa shape index (κ1) is 22.1. The van der Waals surface area contributed by atoms with Crippen molar-refractivity contribution in [2.45, 2.75) is 6.92 Å². The lowest BCUT2D eigenvalue weighted by Gasteiger charge is -2.36. The van der Waals surface area contributed by atoms with Crippen LogP contribution < -0.4 is 9.80 Å². The third kappa shape index (κ3) is 5.21. The Morgan fingerprint density at radius 3 is 2.34 bits per heavy atom. The number of rotatable bonds is 4. The summed E-state index contributed by atoms with van der Waals surface area (Å²) in [6.45, 7) is 8.10. The molecule has 0 spiro atoms. The summed E-state index contributed by atoms with van der Waals surface area (Å²) >= 11 is 0. The maximum absolute atomic E-state index is 13.8. The number of hydrogen-bond donors (Lipinski definition) is 0. The van der Waals surface area contributed by atoms with Crippen LogP contribution in [0.1, 0.15) is 11.3 Å². The topological polar surface area (TPSA) is 55.8 Å². The summed E-state index contributed by atoms with van der Waals surface area (Å²) in [5, 5.41) is 0. The van der Waals surface area contributed by atoms with E-state index in [1.165, 1.54) is 12.2 Å². The van der Waals surface area contributed by atoms with Gasteiger partial charge in [-0.15, -0.1) is 0 Å². The molecule has 0 atom stereocenters. The van der Waals surface area contributed by atoms with E-state index in [4.69, 9.17) is 4.98 Å². The molecule has 3 heterocycles. The van der Waals surface area contributed by atoms with Gasteiger partial charge in [-0.2, -0.15) is 4.98 Å². The molecule has 2 aliphatic rings. The normalized spacial score (nSPS) is 17.9. The number of carbonyl (C=O) groups excluding carboxylic acids is 1. The highest BCUT2D eigenvalue weighted by Gasteiger charge is 2.23. The van der Waals surface area contributed by atoms with Crippen LogP contribution in [-0.2, 0) is 4.79 Å². The number of aryl methyl sites for hydroxylation is 1. The molecule has 9 heteroatoms.